The van der Waals surface area contributed by atoms with Gasteiger partial charge in [0.2, 0.25) is 0 Å². The van der Waals surface area contributed by atoms with E-state index in [1.54, 1.807) is 61.5 Å². The number of aliphatic hydroxyl groups excluding tert-OH is 1. The van der Waals surface area contributed by atoms with Crippen LogP contribution < -0.4 is 9.64 Å². The van der Waals surface area contributed by atoms with Gasteiger partial charge in [-0.1, -0.05) is 35.5 Å². The van der Waals surface area contributed by atoms with Crippen molar-refractivity contribution in [2.24, 2.45) is 0 Å². The summed E-state index contributed by atoms with van der Waals surface area (Å²) >= 11 is 0. The van der Waals surface area contributed by atoms with Crippen molar-refractivity contribution in [3.8, 4) is 5.75 Å². The summed E-state index contributed by atoms with van der Waals surface area (Å²) in [5, 5.41) is 14.9. The predicted octanol–water partition coefficient (Wildman–Crippen LogP) is 3.62. The van der Waals surface area contributed by atoms with E-state index in [9.17, 15) is 14.7 Å². The molecule has 1 aliphatic rings. The summed E-state index contributed by atoms with van der Waals surface area (Å²) in [6.45, 7) is 1.70. The van der Waals surface area contributed by atoms with Crippen molar-refractivity contribution in [1.82, 2.24) is 5.16 Å². The fourth-order valence-corrected chi connectivity index (χ4v) is 3.39. The minimum absolute atomic E-state index is 0.00739. The van der Waals surface area contributed by atoms with Crippen molar-refractivity contribution >= 4 is 23.3 Å². The van der Waals surface area contributed by atoms with Gasteiger partial charge in [-0.15, -0.1) is 0 Å². The molecule has 1 unspecified atom stereocenters. The number of carbonyl (C=O) groups excluding carboxylic acids is 2. The molecule has 1 amide bonds. The number of aryl methyl sites for hydroxylation is 1. The molecule has 2 aromatic carbocycles. The number of nitrogens with zero attached hydrogens (tertiary/aromatic N) is 2. The highest BCUT2D eigenvalue weighted by Crippen LogP contribution is 2.41. The maximum absolute atomic E-state index is 12.9. The lowest BCUT2D eigenvalue weighted by atomic mass is 9.95. The molecule has 0 saturated carbocycles. The van der Waals surface area contributed by atoms with Gasteiger partial charge in [-0.3, -0.25) is 14.5 Å². The summed E-state index contributed by atoms with van der Waals surface area (Å²) in [5.41, 5.74) is 1.07. The molecular weight excluding hydrogens is 372 g/mol. The fraction of sp³-hybridized carbons (Fsp3) is 0.136. The average molecular weight is 390 g/mol. The van der Waals surface area contributed by atoms with E-state index in [1.165, 1.54) is 12.0 Å². The van der Waals surface area contributed by atoms with Crippen LogP contribution in [0, 0.1) is 6.92 Å². The molecule has 1 atom stereocenters. The van der Waals surface area contributed by atoms with Crippen LogP contribution >= 0.6 is 0 Å². The lowest BCUT2D eigenvalue weighted by Gasteiger charge is -2.22. The van der Waals surface area contributed by atoms with Crippen LogP contribution in [0.15, 0.2) is 70.8 Å². The minimum Gasteiger partial charge on any atom is -0.507 e. The molecule has 1 fully saturated rings. The molecule has 146 valence electrons. The summed E-state index contributed by atoms with van der Waals surface area (Å²) in [6, 6.07) is 16.4. The number of amides is 1. The van der Waals surface area contributed by atoms with Gasteiger partial charge in [0, 0.05) is 11.6 Å². The standard InChI is InChI=1S/C22H18N2O5/c1-13-12-17(23-29-13)24-19(14-6-4-3-5-7-14)18(21(26)22(24)27)20(25)15-8-10-16(28-2)11-9-15/h3-12,19,25H,1-2H3/b20-18-. The number of benzene rings is 2. The molecule has 3 aromatic rings. The zero-order valence-electron chi connectivity index (χ0n) is 15.8. The highest BCUT2D eigenvalue weighted by Gasteiger charge is 2.48. The summed E-state index contributed by atoms with van der Waals surface area (Å²) in [7, 11) is 1.54. The summed E-state index contributed by atoms with van der Waals surface area (Å²) in [5.74, 6) is -0.492. The Morgan fingerprint density at radius 1 is 1.10 bits per heavy atom. The van der Waals surface area contributed by atoms with Gasteiger partial charge in [0.15, 0.2) is 5.82 Å². The third-order valence-electron chi connectivity index (χ3n) is 4.79. The SMILES string of the molecule is COc1ccc(/C(O)=C2/C(=O)C(=O)N(c3cc(C)on3)C2c2ccccc2)cc1. The average Bonchev–Trinajstić information content (AvgIpc) is 3.29. The van der Waals surface area contributed by atoms with Crippen molar-refractivity contribution in [3.05, 3.63) is 83.1 Å². The van der Waals surface area contributed by atoms with Crippen LogP contribution in [-0.4, -0.2) is 29.1 Å². The monoisotopic (exact) mass is 390 g/mol. The Kier molecular flexibility index (Phi) is 4.64. The topological polar surface area (TPSA) is 92.9 Å². The number of ketones is 1. The number of carbonyl (C=O) groups is 2. The number of ether oxygens (including phenoxy) is 1. The van der Waals surface area contributed by atoms with E-state index in [0.29, 0.717) is 22.6 Å². The molecule has 1 aromatic heterocycles. The number of hydrogen-bond donors (Lipinski definition) is 1. The number of hydrogen-bond acceptors (Lipinski definition) is 6. The molecule has 4 rings (SSSR count). The number of anilines is 1. The van der Waals surface area contributed by atoms with E-state index in [0.717, 1.165) is 0 Å². The van der Waals surface area contributed by atoms with Gasteiger partial charge in [0.1, 0.15) is 17.3 Å². The molecule has 2 heterocycles. The molecule has 0 aliphatic carbocycles. The van der Waals surface area contributed by atoms with Crippen LogP contribution in [0.4, 0.5) is 5.82 Å². The Labute approximate surface area is 166 Å². The normalized spacial score (nSPS) is 18.3. The molecule has 0 radical (unpaired) electrons. The van der Waals surface area contributed by atoms with Crippen molar-refractivity contribution in [2.45, 2.75) is 13.0 Å². The first-order chi connectivity index (χ1) is 14.0. The first kappa shape index (κ1) is 18.5. The van der Waals surface area contributed by atoms with Crippen LogP contribution in [0.3, 0.4) is 0 Å². The number of methoxy groups -OCH3 is 1. The van der Waals surface area contributed by atoms with E-state index in [2.05, 4.69) is 5.16 Å². The van der Waals surface area contributed by atoms with Crippen molar-refractivity contribution in [3.63, 3.8) is 0 Å². The second kappa shape index (κ2) is 7.27. The van der Waals surface area contributed by atoms with Gasteiger partial charge in [-0.2, -0.15) is 0 Å². The van der Waals surface area contributed by atoms with Crippen molar-refractivity contribution < 1.29 is 24.0 Å². The number of aliphatic hydroxyl groups is 1. The second-order valence-electron chi connectivity index (χ2n) is 6.60. The Hall–Kier alpha value is -3.87. The smallest absolute Gasteiger partial charge is 0.301 e. The molecule has 29 heavy (non-hydrogen) atoms. The molecule has 0 spiro atoms. The van der Waals surface area contributed by atoms with Gasteiger partial charge >= 0.3 is 5.91 Å². The van der Waals surface area contributed by atoms with Crippen LogP contribution in [0.1, 0.15) is 22.9 Å². The largest absolute Gasteiger partial charge is 0.507 e. The fourth-order valence-electron chi connectivity index (χ4n) is 3.39. The molecule has 1 N–H and O–H groups in total. The number of aromatic nitrogens is 1. The van der Waals surface area contributed by atoms with E-state index < -0.39 is 17.7 Å². The summed E-state index contributed by atoms with van der Waals surface area (Å²) in [4.78, 5) is 27.1. The van der Waals surface area contributed by atoms with E-state index in [1.807, 2.05) is 6.07 Å². The number of rotatable bonds is 4. The summed E-state index contributed by atoms with van der Waals surface area (Å²) in [6.07, 6.45) is 0. The van der Waals surface area contributed by atoms with Gasteiger partial charge in [-0.05, 0) is 36.8 Å². The quantitative estimate of drug-likeness (QED) is 0.416. The Bertz CT molecular complexity index is 1100. The highest BCUT2D eigenvalue weighted by atomic mass is 16.5. The van der Waals surface area contributed by atoms with E-state index in [-0.39, 0.29) is 17.2 Å². The van der Waals surface area contributed by atoms with Crippen molar-refractivity contribution in [2.75, 3.05) is 12.0 Å². The first-order valence-electron chi connectivity index (χ1n) is 8.95. The molecular formula is C22H18N2O5. The van der Waals surface area contributed by atoms with Crippen LogP contribution in [0.2, 0.25) is 0 Å². The molecule has 1 aliphatic heterocycles. The third-order valence-corrected chi connectivity index (χ3v) is 4.79. The maximum Gasteiger partial charge on any atom is 0.301 e. The molecule has 1 saturated heterocycles. The Balaban J connectivity index is 1.90. The van der Waals surface area contributed by atoms with Gasteiger partial charge in [0.05, 0.1) is 18.7 Å². The van der Waals surface area contributed by atoms with Crippen LogP contribution in [0.5, 0.6) is 5.75 Å². The Morgan fingerprint density at radius 2 is 1.79 bits per heavy atom. The highest BCUT2D eigenvalue weighted by molar-refractivity contribution is 6.51. The number of Topliss-reactive ketones (excluding diaryl/α,β-unsaturated/α-hetero) is 1. The van der Waals surface area contributed by atoms with Crippen molar-refractivity contribution in [1.29, 1.82) is 0 Å². The van der Waals surface area contributed by atoms with E-state index in [4.69, 9.17) is 9.26 Å². The first-order valence-corrected chi connectivity index (χ1v) is 8.95. The zero-order valence-corrected chi connectivity index (χ0v) is 15.8. The van der Waals surface area contributed by atoms with Crippen LogP contribution in [-0.2, 0) is 9.59 Å². The third kappa shape index (κ3) is 3.16. The lowest BCUT2D eigenvalue weighted by Crippen LogP contribution is -2.29. The summed E-state index contributed by atoms with van der Waals surface area (Å²) < 4.78 is 10.2. The van der Waals surface area contributed by atoms with Gasteiger partial charge in [0.25, 0.3) is 5.78 Å². The minimum atomic E-state index is -0.831. The zero-order chi connectivity index (χ0) is 20.5. The van der Waals surface area contributed by atoms with Gasteiger partial charge in [-0.25, -0.2) is 0 Å². The second-order valence-corrected chi connectivity index (χ2v) is 6.60. The van der Waals surface area contributed by atoms with E-state index >= 15 is 0 Å². The molecule has 7 heteroatoms. The Morgan fingerprint density at radius 3 is 2.38 bits per heavy atom. The predicted molar refractivity (Wildman–Crippen MR) is 105 cm³/mol. The van der Waals surface area contributed by atoms with Crippen LogP contribution in [0.25, 0.3) is 5.76 Å². The lowest BCUT2D eigenvalue weighted by molar-refractivity contribution is -0.132. The van der Waals surface area contributed by atoms with Gasteiger partial charge < -0.3 is 14.4 Å². The maximum atomic E-state index is 12.9. The molecule has 0 bridgehead atoms. The molecule has 7 nitrogen and oxygen atoms in total.